The van der Waals surface area contributed by atoms with E-state index >= 15 is 4.39 Å². The topological polar surface area (TPSA) is 17.8 Å². The van der Waals surface area contributed by atoms with Gasteiger partial charge in [0.2, 0.25) is 0 Å². The van der Waals surface area contributed by atoms with Crippen LogP contribution in [0.1, 0.15) is 0 Å². The van der Waals surface area contributed by atoms with Gasteiger partial charge in [0.1, 0.15) is 11.5 Å². The Morgan fingerprint density at radius 1 is 0.404 bits per heavy atom. The lowest BCUT2D eigenvalue weighted by molar-refractivity contribution is 0.621. The maximum atomic E-state index is 16.5. The highest BCUT2D eigenvalue weighted by Crippen LogP contribution is 2.58. The Morgan fingerprint density at radius 3 is 1.67 bits per heavy atom. The zero-order valence-corrected chi connectivity index (χ0v) is 28.0. The smallest absolute Gasteiger partial charge is 0.147 e. The molecule has 2 nitrogen and oxygen atoms in total. The molecule has 10 aromatic rings. The van der Waals surface area contributed by atoms with E-state index in [0.717, 1.165) is 38.4 Å². The van der Waals surface area contributed by atoms with E-state index in [9.17, 15) is 0 Å². The molecule has 0 radical (unpaired) electrons. The van der Waals surface area contributed by atoms with Crippen molar-refractivity contribution in [2.24, 2.45) is 0 Å². The molecule has 1 aliphatic rings. The van der Waals surface area contributed by atoms with Gasteiger partial charge in [-0.1, -0.05) is 140 Å². The number of pyridine rings is 1. The second-order valence-electron chi connectivity index (χ2n) is 13.6. The average Bonchev–Trinajstić information content (AvgIpc) is 3.71. The summed E-state index contributed by atoms with van der Waals surface area (Å²) in [5, 5.41) is 6.83. The molecule has 0 unspecified atom stereocenters. The van der Waals surface area contributed by atoms with Crippen molar-refractivity contribution in [3.63, 3.8) is 0 Å². The Balaban J connectivity index is 1.17. The number of benzene rings is 8. The largest absolute Gasteiger partial charge is 0.291 e. The standard InChI is InChI=1S/C49H29FN2/c50-41-29-32(24-27-43(41)52-42-23-10-9-17-34(42)38-22-12-28-51-49(38)52)33-25-26-40-46-35(33)20-11-21-39(46)47-44(30-13-3-1-4-14-30)36-18-7-8-19-37(36)45(48(40)47)31-15-5-2-6-16-31/h1-29H. The first-order valence-corrected chi connectivity index (χ1v) is 17.7. The Bertz CT molecular complexity index is 2920. The van der Waals surface area contributed by atoms with E-state index in [1.165, 1.54) is 60.7 Å². The van der Waals surface area contributed by atoms with Gasteiger partial charge in [0.15, 0.2) is 0 Å². The molecule has 52 heavy (non-hydrogen) atoms. The van der Waals surface area contributed by atoms with Crippen molar-refractivity contribution in [2.75, 3.05) is 0 Å². The van der Waals surface area contributed by atoms with Crippen LogP contribution < -0.4 is 0 Å². The van der Waals surface area contributed by atoms with Gasteiger partial charge in [0.25, 0.3) is 0 Å². The van der Waals surface area contributed by atoms with Gasteiger partial charge in [-0.15, -0.1) is 0 Å². The highest BCUT2D eigenvalue weighted by Gasteiger charge is 2.31. The average molecular weight is 665 g/mol. The molecule has 2 aromatic heterocycles. The molecule has 8 aromatic carbocycles. The molecule has 0 spiro atoms. The van der Waals surface area contributed by atoms with Gasteiger partial charge in [-0.3, -0.25) is 4.57 Å². The normalized spacial score (nSPS) is 11.9. The van der Waals surface area contributed by atoms with Crippen molar-refractivity contribution >= 4 is 43.5 Å². The van der Waals surface area contributed by atoms with Crippen LogP contribution in [0.3, 0.4) is 0 Å². The molecule has 3 heteroatoms. The van der Waals surface area contributed by atoms with E-state index in [4.69, 9.17) is 0 Å². The molecule has 0 amide bonds. The lowest BCUT2D eigenvalue weighted by Crippen LogP contribution is -1.99. The molecule has 2 heterocycles. The summed E-state index contributed by atoms with van der Waals surface area (Å²) < 4.78 is 18.5. The van der Waals surface area contributed by atoms with Crippen LogP contribution in [0.25, 0.3) is 105 Å². The van der Waals surface area contributed by atoms with E-state index in [2.05, 4.69) is 126 Å². The molecule has 0 saturated heterocycles. The third-order valence-electron chi connectivity index (χ3n) is 10.9. The summed E-state index contributed by atoms with van der Waals surface area (Å²) in [6.07, 6.45) is 1.77. The second-order valence-corrected chi connectivity index (χ2v) is 13.6. The first-order valence-electron chi connectivity index (χ1n) is 17.7. The monoisotopic (exact) mass is 664 g/mol. The van der Waals surface area contributed by atoms with Gasteiger partial charge in [-0.05, 0) is 108 Å². The summed E-state index contributed by atoms with van der Waals surface area (Å²) in [6, 6.07) is 59.1. The zero-order chi connectivity index (χ0) is 34.3. The summed E-state index contributed by atoms with van der Waals surface area (Å²) >= 11 is 0. The van der Waals surface area contributed by atoms with Crippen LogP contribution >= 0.6 is 0 Å². The summed E-state index contributed by atoms with van der Waals surface area (Å²) in [4.78, 5) is 4.68. The maximum Gasteiger partial charge on any atom is 0.147 e. The van der Waals surface area contributed by atoms with Gasteiger partial charge in [-0.25, -0.2) is 9.37 Å². The van der Waals surface area contributed by atoms with Crippen LogP contribution in [0, 0.1) is 5.82 Å². The number of hydrogen-bond acceptors (Lipinski definition) is 1. The zero-order valence-electron chi connectivity index (χ0n) is 28.0. The minimum Gasteiger partial charge on any atom is -0.291 e. The SMILES string of the molecule is Fc1cc(-c2ccc3c4c(cccc24)-c2c-3c(-c3ccccc3)c3ccccc3c2-c2ccccc2)ccc1-n1c2ccccc2c2cccnc21. The van der Waals surface area contributed by atoms with Gasteiger partial charge < -0.3 is 0 Å². The fraction of sp³-hybridized carbons (Fsp3) is 0. The Morgan fingerprint density at radius 2 is 0.981 bits per heavy atom. The summed E-state index contributed by atoms with van der Waals surface area (Å²) in [6.45, 7) is 0. The van der Waals surface area contributed by atoms with Crippen LogP contribution in [-0.4, -0.2) is 9.55 Å². The Hall–Kier alpha value is -6.84. The molecular weight excluding hydrogens is 636 g/mol. The Kier molecular flexibility index (Phi) is 6.17. The molecule has 0 saturated carbocycles. The van der Waals surface area contributed by atoms with Gasteiger partial charge >= 0.3 is 0 Å². The van der Waals surface area contributed by atoms with Crippen molar-refractivity contribution in [2.45, 2.75) is 0 Å². The minimum absolute atomic E-state index is 0.290. The molecule has 1 aliphatic carbocycles. The molecule has 0 atom stereocenters. The number of para-hydroxylation sites is 1. The van der Waals surface area contributed by atoms with E-state index in [-0.39, 0.29) is 5.82 Å². The van der Waals surface area contributed by atoms with E-state index in [0.29, 0.717) is 5.69 Å². The van der Waals surface area contributed by atoms with Gasteiger partial charge in [0.05, 0.1) is 11.2 Å². The van der Waals surface area contributed by atoms with Crippen LogP contribution in [0.5, 0.6) is 0 Å². The molecule has 0 aliphatic heterocycles. The van der Waals surface area contributed by atoms with Crippen molar-refractivity contribution < 1.29 is 4.39 Å². The van der Waals surface area contributed by atoms with Gasteiger partial charge in [0, 0.05) is 17.0 Å². The van der Waals surface area contributed by atoms with Crippen LogP contribution in [0.2, 0.25) is 0 Å². The first kappa shape index (κ1) is 28.9. The lowest BCUT2D eigenvalue weighted by Gasteiger charge is -2.20. The summed E-state index contributed by atoms with van der Waals surface area (Å²) in [5.41, 5.74) is 13.8. The Labute approximate surface area is 299 Å². The van der Waals surface area contributed by atoms with Gasteiger partial charge in [-0.2, -0.15) is 0 Å². The van der Waals surface area contributed by atoms with E-state index < -0.39 is 0 Å². The maximum absolute atomic E-state index is 16.5. The van der Waals surface area contributed by atoms with Crippen LogP contribution in [0.15, 0.2) is 176 Å². The second kappa shape index (κ2) is 11.1. The number of halogens is 1. The number of rotatable bonds is 4. The highest BCUT2D eigenvalue weighted by atomic mass is 19.1. The predicted octanol–water partition coefficient (Wildman–Crippen LogP) is 13.3. The third kappa shape index (κ3) is 4.02. The van der Waals surface area contributed by atoms with Crippen LogP contribution in [0.4, 0.5) is 4.39 Å². The fourth-order valence-corrected chi connectivity index (χ4v) is 8.76. The number of aromatic nitrogens is 2. The highest BCUT2D eigenvalue weighted by molar-refractivity contribution is 6.28. The van der Waals surface area contributed by atoms with Crippen molar-refractivity contribution in [1.29, 1.82) is 0 Å². The predicted molar refractivity (Wildman–Crippen MR) is 214 cm³/mol. The first-order chi connectivity index (χ1) is 25.8. The molecule has 11 rings (SSSR count). The quantitative estimate of drug-likeness (QED) is 0.183. The summed E-state index contributed by atoms with van der Waals surface area (Å²) in [7, 11) is 0. The number of fused-ring (bicyclic) bond motifs is 7. The molecule has 0 fully saturated rings. The summed E-state index contributed by atoms with van der Waals surface area (Å²) in [5.74, 6) is -0.290. The molecule has 242 valence electrons. The molecule has 0 bridgehead atoms. The minimum atomic E-state index is -0.290. The molecule has 0 N–H and O–H groups in total. The number of nitrogens with zero attached hydrogens (tertiary/aromatic N) is 2. The lowest BCUT2D eigenvalue weighted by atomic mass is 9.82. The van der Waals surface area contributed by atoms with E-state index in [1.54, 1.807) is 12.3 Å². The van der Waals surface area contributed by atoms with Crippen molar-refractivity contribution in [1.82, 2.24) is 9.55 Å². The van der Waals surface area contributed by atoms with Crippen molar-refractivity contribution in [3.05, 3.63) is 182 Å². The fourth-order valence-electron chi connectivity index (χ4n) is 8.76. The molecular formula is C49H29FN2. The van der Waals surface area contributed by atoms with Crippen LogP contribution in [-0.2, 0) is 0 Å². The third-order valence-corrected chi connectivity index (χ3v) is 10.9. The number of hydrogen-bond donors (Lipinski definition) is 0. The van der Waals surface area contributed by atoms with Crippen molar-refractivity contribution in [3.8, 4) is 61.3 Å². The van der Waals surface area contributed by atoms with E-state index in [1.807, 2.05) is 47.0 Å².